The predicted octanol–water partition coefficient (Wildman–Crippen LogP) is 4.10. The molecule has 0 bridgehead atoms. The highest BCUT2D eigenvalue weighted by Gasteiger charge is 1.85. The van der Waals surface area contributed by atoms with Crippen molar-refractivity contribution in [2.24, 2.45) is 0 Å². The molecule has 0 aromatic carbocycles. The predicted molar refractivity (Wildman–Crippen MR) is 58.4 cm³/mol. The van der Waals surface area contributed by atoms with Gasteiger partial charge in [0.25, 0.3) is 0 Å². The lowest BCUT2D eigenvalue weighted by Crippen LogP contribution is -1.87. The molecule has 0 saturated carbocycles. The first-order valence-corrected chi connectivity index (χ1v) is 5.47. The highest BCUT2D eigenvalue weighted by molar-refractivity contribution is 4.72. The van der Waals surface area contributed by atoms with Gasteiger partial charge in [0.05, 0.1) is 12.9 Å². The van der Waals surface area contributed by atoms with Gasteiger partial charge in [-0.1, -0.05) is 39.5 Å². The van der Waals surface area contributed by atoms with E-state index in [0.29, 0.717) is 0 Å². The summed E-state index contributed by atoms with van der Waals surface area (Å²) >= 11 is 0. The molecular formula is C12H23O. The molecule has 0 atom stereocenters. The van der Waals surface area contributed by atoms with Crippen LogP contribution in [0.3, 0.4) is 0 Å². The van der Waals surface area contributed by atoms with Gasteiger partial charge < -0.3 is 4.74 Å². The van der Waals surface area contributed by atoms with E-state index in [1.165, 1.54) is 25.7 Å². The fourth-order valence-electron chi connectivity index (χ4n) is 1.07. The van der Waals surface area contributed by atoms with Crippen molar-refractivity contribution in [2.75, 3.05) is 6.61 Å². The van der Waals surface area contributed by atoms with Gasteiger partial charge in [-0.15, -0.1) is 0 Å². The zero-order valence-electron chi connectivity index (χ0n) is 8.93. The number of hydrogen-bond acceptors (Lipinski definition) is 1. The van der Waals surface area contributed by atoms with Crippen LogP contribution in [0.15, 0.2) is 12.3 Å². The molecule has 13 heavy (non-hydrogen) atoms. The highest BCUT2D eigenvalue weighted by atomic mass is 16.5. The summed E-state index contributed by atoms with van der Waals surface area (Å²) in [5.74, 6) is 0. The van der Waals surface area contributed by atoms with Crippen LogP contribution in [-0.2, 0) is 4.74 Å². The molecule has 0 aliphatic heterocycles. The van der Waals surface area contributed by atoms with Crippen molar-refractivity contribution >= 4 is 0 Å². The van der Waals surface area contributed by atoms with Crippen LogP contribution in [0.2, 0.25) is 0 Å². The first kappa shape index (κ1) is 12.5. The van der Waals surface area contributed by atoms with E-state index in [-0.39, 0.29) is 0 Å². The van der Waals surface area contributed by atoms with E-state index in [1.54, 1.807) is 0 Å². The Labute approximate surface area is 83.2 Å². The molecule has 0 aliphatic carbocycles. The van der Waals surface area contributed by atoms with Crippen molar-refractivity contribution in [3.05, 3.63) is 19.3 Å². The molecule has 1 radical (unpaired) electrons. The van der Waals surface area contributed by atoms with Gasteiger partial charge in [0.15, 0.2) is 0 Å². The molecule has 0 N–H and O–H groups in total. The Morgan fingerprint density at radius 2 is 2.00 bits per heavy atom. The number of unbranched alkanes of at least 4 members (excludes halogenated alkanes) is 5. The fourth-order valence-corrected chi connectivity index (χ4v) is 1.07. The average Bonchev–Trinajstić information content (AvgIpc) is 2.16. The lowest BCUT2D eigenvalue weighted by Gasteiger charge is -1.99. The maximum absolute atomic E-state index is 5.33. The minimum absolute atomic E-state index is 0.864. The first-order chi connectivity index (χ1) is 6.41. The zero-order chi connectivity index (χ0) is 9.78. The van der Waals surface area contributed by atoms with Crippen LogP contribution in [0.5, 0.6) is 0 Å². The van der Waals surface area contributed by atoms with E-state index in [0.717, 1.165) is 25.9 Å². The van der Waals surface area contributed by atoms with Crippen molar-refractivity contribution in [1.29, 1.82) is 0 Å². The van der Waals surface area contributed by atoms with Gasteiger partial charge >= 0.3 is 0 Å². The van der Waals surface area contributed by atoms with Crippen molar-refractivity contribution in [3.63, 3.8) is 0 Å². The summed E-state index contributed by atoms with van der Waals surface area (Å²) in [4.78, 5) is 0. The van der Waals surface area contributed by atoms with Gasteiger partial charge in [0, 0.05) is 0 Å². The molecule has 0 amide bonds. The van der Waals surface area contributed by atoms with Crippen LogP contribution in [0.25, 0.3) is 0 Å². The summed E-state index contributed by atoms with van der Waals surface area (Å²) in [6, 6.07) is 0. The fraction of sp³-hybridized carbons (Fsp3) is 0.750. The molecule has 0 heterocycles. The second kappa shape index (κ2) is 11.5. The third-order valence-corrected chi connectivity index (χ3v) is 1.93. The Hall–Kier alpha value is -0.460. The van der Waals surface area contributed by atoms with Crippen molar-refractivity contribution in [3.8, 4) is 0 Å². The quantitative estimate of drug-likeness (QED) is 0.386. The van der Waals surface area contributed by atoms with Crippen molar-refractivity contribution < 1.29 is 4.74 Å². The van der Waals surface area contributed by atoms with Crippen LogP contribution >= 0.6 is 0 Å². The summed E-state index contributed by atoms with van der Waals surface area (Å²) in [5.41, 5.74) is 0. The molecular weight excluding hydrogens is 160 g/mol. The molecule has 0 saturated heterocycles. The summed E-state index contributed by atoms with van der Waals surface area (Å²) in [6.45, 7) is 6.86. The highest BCUT2D eigenvalue weighted by Crippen LogP contribution is 1.99. The summed E-state index contributed by atoms with van der Waals surface area (Å²) < 4.78 is 5.33. The SMILES string of the molecule is [CH2]CCCCCO/C=C/CCCC. The lowest BCUT2D eigenvalue weighted by molar-refractivity contribution is 0.240. The topological polar surface area (TPSA) is 9.23 Å². The first-order valence-electron chi connectivity index (χ1n) is 5.47. The standard InChI is InChI=1S/C12H23O/c1-3-5-7-9-11-13-12-10-8-6-4-2/h10,12H,1,3-9,11H2,2H3/b12-10+. The number of rotatable bonds is 9. The normalized spacial score (nSPS) is 10.9. The van der Waals surface area contributed by atoms with Gasteiger partial charge in [0.2, 0.25) is 0 Å². The van der Waals surface area contributed by atoms with E-state index in [1.807, 2.05) is 6.26 Å². The molecule has 77 valence electrons. The molecule has 0 aromatic heterocycles. The Morgan fingerprint density at radius 1 is 1.15 bits per heavy atom. The minimum Gasteiger partial charge on any atom is -0.502 e. The molecule has 0 rings (SSSR count). The van der Waals surface area contributed by atoms with Crippen molar-refractivity contribution in [1.82, 2.24) is 0 Å². The third kappa shape index (κ3) is 11.5. The third-order valence-electron chi connectivity index (χ3n) is 1.93. The smallest absolute Gasteiger partial charge is 0.0873 e. The maximum atomic E-state index is 5.33. The van der Waals surface area contributed by atoms with E-state index >= 15 is 0 Å². The molecule has 0 unspecified atom stereocenters. The minimum atomic E-state index is 0.864. The van der Waals surface area contributed by atoms with Crippen LogP contribution < -0.4 is 0 Å². The van der Waals surface area contributed by atoms with Crippen LogP contribution in [0.1, 0.15) is 51.9 Å². The number of hydrogen-bond donors (Lipinski definition) is 0. The molecule has 1 nitrogen and oxygen atoms in total. The largest absolute Gasteiger partial charge is 0.502 e. The van der Waals surface area contributed by atoms with Gasteiger partial charge in [-0.3, -0.25) is 0 Å². The van der Waals surface area contributed by atoms with Crippen LogP contribution in [0.4, 0.5) is 0 Å². The lowest BCUT2D eigenvalue weighted by atomic mass is 10.2. The second-order valence-electron chi connectivity index (χ2n) is 3.30. The summed E-state index contributed by atoms with van der Waals surface area (Å²) in [7, 11) is 0. The molecule has 1 heteroatoms. The Bertz CT molecular complexity index is 108. The van der Waals surface area contributed by atoms with Gasteiger partial charge in [-0.2, -0.15) is 0 Å². The molecule has 0 fully saturated rings. The number of allylic oxidation sites excluding steroid dienone is 1. The number of ether oxygens (including phenoxy) is 1. The summed E-state index contributed by atoms with van der Waals surface area (Å²) in [6.07, 6.45) is 12.3. The van der Waals surface area contributed by atoms with Crippen molar-refractivity contribution in [2.45, 2.75) is 51.9 Å². The molecule has 0 aromatic rings. The maximum Gasteiger partial charge on any atom is 0.0873 e. The second-order valence-corrected chi connectivity index (χ2v) is 3.30. The van der Waals surface area contributed by atoms with E-state index in [2.05, 4.69) is 19.9 Å². The van der Waals surface area contributed by atoms with Gasteiger partial charge in [0.1, 0.15) is 0 Å². The van der Waals surface area contributed by atoms with Crippen LogP contribution in [-0.4, -0.2) is 6.61 Å². The Morgan fingerprint density at radius 3 is 2.69 bits per heavy atom. The average molecular weight is 183 g/mol. The zero-order valence-corrected chi connectivity index (χ0v) is 8.93. The van der Waals surface area contributed by atoms with E-state index in [4.69, 9.17) is 4.74 Å². The van der Waals surface area contributed by atoms with Gasteiger partial charge in [-0.25, -0.2) is 0 Å². The van der Waals surface area contributed by atoms with E-state index < -0.39 is 0 Å². The monoisotopic (exact) mass is 183 g/mol. The Kier molecular flexibility index (Phi) is 11.1. The molecule has 0 aliphatic rings. The van der Waals surface area contributed by atoms with E-state index in [9.17, 15) is 0 Å². The molecule has 0 spiro atoms. The van der Waals surface area contributed by atoms with Gasteiger partial charge in [-0.05, 0) is 25.3 Å². The summed E-state index contributed by atoms with van der Waals surface area (Å²) in [5, 5.41) is 0. The Balaban J connectivity index is 2.93. The van der Waals surface area contributed by atoms with Crippen LogP contribution in [0, 0.1) is 6.92 Å².